The van der Waals surface area contributed by atoms with Gasteiger partial charge in [-0.3, -0.25) is 9.78 Å². The van der Waals surface area contributed by atoms with Crippen molar-refractivity contribution in [2.75, 3.05) is 6.26 Å². The monoisotopic (exact) mass is 333 g/mol. The average Bonchev–Trinajstić information content (AvgIpc) is 2.54. The van der Waals surface area contributed by atoms with E-state index in [0.29, 0.717) is 11.3 Å². The van der Waals surface area contributed by atoms with Crippen molar-refractivity contribution in [3.63, 3.8) is 0 Å². The lowest BCUT2D eigenvalue weighted by molar-refractivity contribution is 0.0939. The molecular weight excluding hydrogens is 314 g/mol. The number of nitrogens with two attached hydrogens (primary N) is 1. The van der Waals surface area contributed by atoms with Crippen LogP contribution >= 0.6 is 0 Å². The molecule has 0 radical (unpaired) electrons. The fourth-order valence-electron chi connectivity index (χ4n) is 2.10. The summed E-state index contributed by atoms with van der Waals surface area (Å²) in [6.07, 6.45) is 2.70. The van der Waals surface area contributed by atoms with E-state index in [-0.39, 0.29) is 23.4 Å². The molecule has 0 saturated carbocycles. The zero-order chi connectivity index (χ0) is 17.0. The summed E-state index contributed by atoms with van der Waals surface area (Å²) in [4.78, 5) is 16.5. The molecule has 1 atom stereocenters. The number of aromatic nitrogens is 1. The van der Waals surface area contributed by atoms with Crippen molar-refractivity contribution in [1.29, 1.82) is 0 Å². The number of sulfone groups is 1. The minimum atomic E-state index is -3.23. The van der Waals surface area contributed by atoms with Gasteiger partial charge in [0.25, 0.3) is 5.91 Å². The lowest BCUT2D eigenvalue weighted by Crippen LogP contribution is -2.26. The van der Waals surface area contributed by atoms with E-state index in [2.05, 4.69) is 10.3 Å². The van der Waals surface area contributed by atoms with E-state index in [0.717, 1.165) is 11.8 Å². The molecule has 3 N–H and O–H groups in total. The molecular formula is C16H19N3O3S. The zero-order valence-corrected chi connectivity index (χ0v) is 13.8. The summed E-state index contributed by atoms with van der Waals surface area (Å²) < 4.78 is 22.9. The van der Waals surface area contributed by atoms with Crippen LogP contribution in [0.25, 0.3) is 0 Å². The molecule has 1 amide bonds. The van der Waals surface area contributed by atoms with Gasteiger partial charge in [0.15, 0.2) is 9.84 Å². The van der Waals surface area contributed by atoms with Crippen LogP contribution in [0.4, 0.5) is 0 Å². The molecule has 0 aliphatic rings. The fourth-order valence-corrected chi connectivity index (χ4v) is 2.73. The van der Waals surface area contributed by atoms with Gasteiger partial charge >= 0.3 is 0 Å². The van der Waals surface area contributed by atoms with Gasteiger partial charge < -0.3 is 11.1 Å². The molecule has 23 heavy (non-hydrogen) atoms. The lowest BCUT2D eigenvalue weighted by atomic mass is 10.1. The summed E-state index contributed by atoms with van der Waals surface area (Å²) >= 11 is 0. The number of nitrogens with zero attached hydrogens (tertiary/aromatic N) is 1. The van der Waals surface area contributed by atoms with Crippen LogP contribution in [0.15, 0.2) is 47.5 Å². The van der Waals surface area contributed by atoms with Gasteiger partial charge in [0.1, 0.15) is 0 Å². The van der Waals surface area contributed by atoms with Crippen LogP contribution in [-0.4, -0.2) is 25.6 Å². The van der Waals surface area contributed by atoms with E-state index in [9.17, 15) is 13.2 Å². The van der Waals surface area contributed by atoms with Gasteiger partial charge in [0, 0.05) is 24.6 Å². The van der Waals surface area contributed by atoms with E-state index >= 15 is 0 Å². The van der Waals surface area contributed by atoms with Crippen molar-refractivity contribution in [2.24, 2.45) is 5.73 Å². The normalized spacial score (nSPS) is 12.7. The molecule has 1 unspecified atom stereocenters. The number of hydrogen-bond acceptors (Lipinski definition) is 5. The Morgan fingerprint density at radius 1 is 1.26 bits per heavy atom. The second-order valence-electron chi connectivity index (χ2n) is 5.28. The molecule has 1 aromatic carbocycles. The number of carbonyl (C=O) groups is 1. The van der Waals surface area contributed by atoms with Crippen molar-refractivity contribution in [2.45, 2.75) is 24.4 Å². The molecule has 6 nitrogen and oxygen atoms in total. The Bertz CT molecular complexity index is 802. The van der Waals surface area contributed by atoms with Gasteiger partial charge in [-0.25, -0.2) is 8.42 Å². The Kier molecular flexibility index (Phi) is 5.12. The first kappa shape index (κ1) is 17.1. The maximum atomic E-state index is 12.2. The lowest BCUT2D eigenvalue weighted by Gasteiger charge is -2.15. The number of rotatable bonds is 5. The largest absolute Gasteiger partial charge is 0.346 e. The van der Waals surface area contributed by atoms with Gasteiger partial charge in [0.2, 0.25) is 0 Å². The second-order valence-corrected chi connectivity index (χ2v) is 7.29. The van der Waals surface area contributed by atoms with Crippen LogP contribution in [0.2, 0.25) is 0 Å². The van der Waals surface area contributed by atoms with E-state index in [1.54, 1.807) is 30.5 Å². The molecule has 1 heterocycles. The molecule has 122 valence electrons. The molecule has 2 aromatic rings. The maximum Gasteiger partial charge on any atom is 0.251 e. The van der Waals surface area contributed by atoms with Crippen LogP contribution in [0.1, 0.15) is 34.6 Å². The SMILES string of the molecule is CC(NC(=O)c1ccnc(CN)c1)c1ccc(S(C)(=O)=O)cc1. The van der Waals surface area contributed by atoms with Crippen molar-refractivity contribution in [3.05, 3.63) is 59.4 Å². The molecule has 0 aliphatic carbocycles. The maximum absolute atomic E-state index is 12.2. The highest BCUT2D eigenvalue weighted by atomic mass is 32.2. The Balaban J connectivity index is 2.11. The summed E-state index contributed by atoms with van der Waals surface area (Å²) in [5.74, 6) is -0.234. The second kappa shape index (κ2) is 6.89. The summed E-state index contributed by atoms with van der Waals surface area (Å²) in [6.45, 7) is 2.10. The number of carbonyl (C=O) groups excluding carboxylic acids is 1. The van der Waals surface area contributed by atoms with E-state index < -0.39 is 9.84 Å². The molecule has 2 rings (SSSR count). The first-order valence-corrected chi connectivity index (χ1v) is 8.96. The molecule has 0 fully saturated rings. The third kappa shape index (κ3) is 4.37. The van der Waals surface area contributed by atoms with Gasteiger partial charge in [-0.15, -0.1) is 0 Å². The quantitative estimate of drug-likeness (QED) is 0.862. The highest BCUT2D eigenvalue weighted by molar-refractivity contribution is 7.90. The minimum absolute atomic E-state index is 0.234. The third-order valence-corrected chi connectivity index (χ3v) is 4.57. The number of pyridine rings is 1. The average molecular weight is 333 g/mol. The third-order valence-electron chi connectivity index (χ3n) is 3.44. The molecule has 7 heteroatoms. The van der Waals surface area contributed by atoms with Crippen LogP contribution < -0.4 is 11.1 Å². The van der Waals surface area contributed by atoms with Crippen molar-refractivity contribution in [1.82, 2.24) is 10.3 Å². The van der Waals surface area contributed by atoms with Gasteiger partial charge in [0.05, 0.1) is 16.6 Å². The van der Waals surface area contributed by atoms with Crippen molar-refractivity contribution < 1.29 is 13.2 Å². The van der Waals surface area contributed by atoms with E-state index in [1.807, 2.05) is 6.92 Å². The number of hydrogen-bond donors (Lipinski definition) is 2. The molecule has 0 saturated heterocycles. The Morgan fingerprint density at radius 3 is 2.48 bits per heavy atom. The van der Waals surface area contributed by atoms with Gasteiger partial charge in [-0.1, -0.05) is 12.1 Å². The summed E-state index contributed by atoms with van der Waals surface area (Å²) in [5, 5.41) is 2.86. The van der Waals surface area contributed by atoms with E-state index in [1.165, 1.54) is 12.1 Å². The predicted molar refractivity (Wildman–Crippen MR) is 87.6 cm³/mol. The Hall–Kier alpha value is -2.25. The van der Waals surface area contributed by atoms with Crippen LogP contribution in [0.5, 0.6) is 0 Å². The van der Waals surface area contributed by atoms with Gasteiger partial charge in [-0.05, 0) is 36.8 Å². The molecule has 0 spiro atoms. The summed E-state index contributed by atoms with van der Waals surface area (Å²) in [6, 6.07) is 9.46. The fraction of sp³-hybridized carbons (Fsp3) is 0.250. The molecule has 0 bridgehead atoms. The minimum Gasteiger partial charge on any atom is -0.346 e. The first-order valence-electron chi connectivity index (χ1n) is 7.07. The standard InChI is InChI=1S/C16H19N3O3S/c1-11(12-3-5-15(6-4-12)23(2,21)22)19-16(20)13-7-8-18-14(9-13)10-17/h3-9,11H,10,17H2,1-2H3,(H,19,20). The highest BCUT2D eigenvalue weighted by Gasteiger charge is 2.13. The molecule has 0 aliphatic heterocycles. The van der Waals surface area contributed by atoms with Gasteiger partial charge in [-0.2, -0.15) is 0 Å². The Morgan fingerprint density at radius 2 is 1.91 bits per heavy atom. The van der Waals surface area contributed by atoms with Crippen molar-refractivity contribution >= 4 is 15.7 Å². The number of benzene rings is 1. The summed E-state index contributed by atoms with van der Waals surface area (Å²) in [7, 11) is -3.23. The number of nitrogens with one attached hydrogen (secondary N) is 1. The molecule has 1 aromatic heterocycles. The Labute approximate surface area is 135 Å². The zero-order valence-electron chi connectivity index (χ0n) is 13.0. The van der Waals surface area contributed by atoms with Crippen LogP contribution in [-0.2, 0) is 16.4 Å². The predicted octanol–water partition coefficient (Wildman–Crippen LogP) is 1.43. The summed E-state index contributed by atoms with van der Waals surface area (Å²) in [5.41, 5.74) is 7.46. The smallest absolute Gasteiger partial charge is 0.251 e. The van der Waals surface area contributed by atoms with Crippen molar-refractivity contribution in [3.8, 4) is 0 Å². The van der Waals surface area contributed by atoms with Crippen LogP contribution in [0.3, 0.4) is 0 Å². The topological polar surface area (TPSA) is 102 Å². The number of amides is 1. The van der Waals surface area contributed by atoms with E-state index in [4.69, 9.17) is 5.73 Å². The van der Waals surface area contributed by atoms with Crippen LogP contribution in [0, 0.1) is 0 Å². The highest BCUT2D eigenvalue weighted by Crippen LogP contribution is 2.17. The first-order chi connectivity index (χ1) is 10.8.